The van der Waals surface area contributed by atoms with Crippen molar-refractivity contribution in [3.63, 3.8) is 0 Å². The molecule has 2 rings (SSSR count). The average molecular weight is 345 g/mol. The zero-order chi connectivity index (χ0) is 18.4. The molecular formula is C20H27NO4. The molecule has 0 aliphatic rings. The van der Waals surface area contributed by atoms with E-state index < -0.39 is 0 Å². The van der Waals surface area contributed by atoms with Crippen molar-refractivity contribution in [3.05, 3.63) is 46.4 Å². The molecule has 0 bridgehead atoms. The van der Waals surface area contributed by atoms with Crippen molar-refractivity contribution in [2.24, 2.45) is 0 Å². The quantitative estimate of drug-likeness (QED) is 0.786. The Morgan fingerprint density at radius 3 is 2.32 bits per heavy atom. The molecule has 136 valence electrons. The fourth-order valence-electron chi connectivity index (χ4n) is 2.79. The van der Waals surface area contributed by atoms with Crippen LogP contribution in [-0.2, 0) is 6.42 Å². The van der Waals surface area contributed by atoms with E-state index in [0.29, 0.717) is 37.5 Å². The van der Waals surface area contributed by atoms with Crippen LogP contribution in [0.4, 0.5) is 0 Å². The Morgan fingerprint density at radius 1 is 1.04 bits per heavy atom. The van der Waals surface area contributed by atoms with Gasteiger partial charge in [-0.2, -0.15) is 0 Å². The standard InChI is InChI=1S/C20H27NO4/c1-6-23-17-9-8-16(12-18(17)24-7-2)10-11-21-20(22)19-13(3)14(4)25-15(19)5/h8-9,12H,6-7,10-11H2,1-5H3,(H,21,22). The van der Waals surface area contributed by atoms with E-state index in [9.17, 15) is 4.79 Å². The summed E-state index contributed by atoms with van der Waals surface area (Å²) in [6.45, 7) is 11.2. The average Bonchev–Trinajstić information content (AvgIpc) is 2.82. The number of hydrogen-bond acceptors (Lipinski definition) is 4. The van der Waals surface area contributed by atoms with Crippen LogP contribution in [-0.4, -0.2) is 25.7 Å². The third-order valence-corrected chi connectivity index (χ3v) is 4.10. The Kier molecular flexibility index (Phi) is 6.51. The third kappa shape index (κ3) is 4.56. The Morgan fingerprint density at radius 2 is 1.72 bits per heavy atom. The van der Waals surface area contributed by atoms with Gasteiger partial charge in [0, 0.05) is 12.1 Å². The van der Waals surface area contributed by atoms with Gasteiger partial charge < -0.3 is 19.2 Å². The number of carbonyl (C=O) groups excluding carboxylic acids is 1. The zero-order valence-electron chi connectivity index (χ0n) is 15.7. The molecule has 2 aromatic rings. The molecule has 5 heteroatoms. The van der Waals surface area contributed by atoms with Gasteiger partial charge in [0.05, 0.1) is 18.8 Å². The van der Waals surface area contributed by atoms with Crippen LogP contribution in [0.15, 0.2) is 22.6 Å². The van der Waals surface area contributed by atoms with Crippen LogP contribution in [0, 0.1) is 20.8 Å². The highest BCUT2D eigenvalue weighted by Gasteiger charge is 2.18. The maximum atomic E-state index is 12.4. The first-order valence-electron chi connectivity index (χ1n) is 8.71. The number of hydrogen-bond donors (Lipinski definition) is 1. The van der Waals surface area contributed by atoms with E-state index in [1.54, 1.807) is 0 Å². The lowest BCUT2D eigenvalue weighted by Crippen LogP contribution is -2.26. The first-order chi connectivity index (χ1) is 12.0. The van der Waals surface area contributed by atoms with Crippen LogP contribution < -0.4 is 14.8 Å². The van der Waals surface area contributed by atoms with Crippen LogP contribution in [0.3, 0.4) is 0 Å². The van der Waals surface area contributed by atoms with E-state index >= 15 is 0 Å². The van der Waals surface area contributed by atoms with Crippen LogP contribution in [0.1, 0.15) is 46.9 Å². The van der Waals surface area contributed by atoms with E-state index in [1.807, 2.05) is 52.8 Å². The Hall–Kier alpha value is -2.43. The highest BCUT2D eigenvalue weighted by Crippen LogP contribution is 2.28. The van der Waals surface area contributed by atoms with Crippen molar-refractivity contribution in [2.75, 3.05) is 19.8 Å². The van der Waals surface area contributed by atoms with Gasteiger partial charge >= 0.3 is 0 Å². The number of ether oxygens (including phenoxy) is 2. The van der Waals surface area contributed by atoms with E-state index in [2.05, 4.69) is 5.32 Å². The fraction of sp³-hybridized carbons (Fsp3) is 0.450. The van der Waals surface area contributed by atoms with Gasteiger partial charge in [-0.05, 0) is 58.7 Å². The number of rotatable bonds is 8. The summed E-state index contributed by atoms with van der Waals surface area (Å²) in [7, 11) is 0. The second-order valence-corrected chi connectivity index (χ2v) is 5.87. The molecule has 0 saturated heterocycles. The number of amides is 1. The first-order valence-corrected chi connectivity index (χ1v) is 8.71. The molecule has 25 heavy (non-hydrogen) atoms. The van der Waals surface area contributed by atoms with Gasteiger partial charge in [-0.15, -0.1) is 0 Å². The molecule has 1 aromatic heterocycles. The maximum absolute atomic E-state index is 12.4. The summed E-state index contributed by atoms with van der Waals surface area (Å²) < 4.78 is 16.7. The minimum absolute atomic E-state index is 0.0946. The van der Waals surface area contributed by atoms with Crippen molar-refractivity contribution in [2.45, 2.75) is 41.0 Å². The summed E-state index contributed by atoms with van der Waals surface area (Å²) >= 11 is 0. The normalized spacial score (nSPS) is 10.6. The van der Waals surface area contributed by atoms with Crippen LogP contribution in [0.25, 0.3) is 0 Å². The molecule has 0 fully saturated rings. The number of nitrogens with one attached hydrogen (secondary N) is 1. The topological polar surface area (TPSA) is 60.7 Å². The summed E-state index contributed by atoms with van der Waals surface area (Å²) in [4.78, 5) is 12.4. The van der Waals surface area contributed by atoms with Gasteiger partial charge in [-0.3, -0.25) is 4.79 Å². The largest absolute Gasteiger partial charge is 0.490 e. The first kappa shape index (κ1) is 18.9. The molecule has 1 amide bonds. The fourth-order valence-corrected chi connectivity index (χ4v) is 2.79. The zero-order valence-corrected chi connectivity index (χ0v) is 15.7. The molecule has 0 radical (unpaired) electrons. The second-order valence-electron chi connectivity index (χ2n) is 5.87. The molecular weight excluding hydrogens is 318 g/mol. The van der Waals surface area contributed by atoms with Crippen LogP contribution in [0.5, 0.6) is 11.5 Å². The van der Waals surface area contributed by atoms with Gasteiger partial charge in [-0.25, -0.2) is 0 Å². The van der Waals surface area contributed by atoms with E-state index in [4.69, 9.17) is 13.9 Å². The van der Waals surface area contributed by atoms with Crippen molar-refractivity contribution in [1.29, 1.82) is 0 Å². The third-order valence-electron chi connectivity index (χ3n) is 4.10. The van der Waals surface area contributed by atoms with E-state index in [1.165, 1.54) is 0 Å². The number of benzene rings is 1. The summed E-state index contributed by atoms with van der Waals surface area (Å²) in [6.07, 6.45) is 0.715. The van der Waals surface area contributed by atoms with E-state index in [-0.39, 0.29) is 5.91 Å². The number of carbonyl (C=O) groups is 1. The van der Waals surface area contributed by atoms with Gasteiger partial charge in [0.2, 0.25) is 0 Å². The van der Waals surface area contributed by atoms with Gasteiger partial charge in [-0.1, -0.05) is 6.07 Å². The lowest BCUT2D eigenvalue weighted by molar-refractivity contribution is 0.0952. The molecule has 0 aliphatic carbocycles. The van der Waals surface area contributed by atoms with Crippen molar-refractivity contribution < 1.29 is 18.7 Å². The van der Waals surface area contributed by atoms with Crippen molar-refractivity contribution in [1.82, 2.24) is 5.32 Å². The highest BCUT2D eigenvalue weighted by atomic mass is 16.5. The number of aryl methyl sites for hydroxylation is 2. The highest BCUT2D eigenvalue weighted by molar-refractivity contribution is 5.96. The molecule has 1 aromatic carbocycles. The summed E-state index contributed by atoms with van der Waals surface area (Å²) in [5, 5.41) is 2.96. The predicted molar refractivity (Wildman–Crippen MR) is 97.7 cm³/mol. The molecule has 0 spiro atoms. The Labute approximate surface area is 149 Å². The summed E-state index contributed by atoms with van der Waals surface area (Å²) in [5.41, 5.74) is 2.62. The predicted octanol–water partition coefficient (Wildman–Crippen LogP) is 3.97. The minimum atomic E-state index is -0.0946. The summed E-state index contributed by atoms with van der Waals surface area (Å²) in [6, 6.07) is 5.89. The van der Waals surface area contributed by atoms with Crippen LogP contribution >= 0.6 is 0 Å². The second kappa shape index (κ2) is 8.60. The smallest absolute Gasteiger partial charge is 0.255 e. The van der Waals surface area contributed by atoms with Gasteiger partial charge in [0.1, 0.15) is 11.5 Å². The molecule has 5 nitrogen and oxygen atoms in total. The maximum Gasteiger partial charge on any atom is 0.255 e. The molecule has 0 aliphatic heterocycles. The molecule has 1 heterocycles. The number of furan rings is 1. The Balaban J connectivity index is 1.99. The summed E-state index contributed by atoms with van der Waals surface area (Å²) in [5.74, 6) is 2.84. The minimum Gasteiger partial charge on any atom is -0.490 e. The molecule has 1 N–H and O–H groups in total. The lowest BCUT2D eigenvalue weighted by Gasteiger charge is -2.12. The monoisotopic (exact) mass is 345 g/mol. The molecule has 0 unspecified atom stereocenters. The lowest BCUT2D eigenvalue weighted by atomic mass is 10.1. The van der Waals surface area contributed by atoms with Gasteiger partial charge in [0.15, 0.2) is 11.5 Å². The van der Waals surface area contributed by atoms with Gasteiger partial charge in [0.25, 0.3) is 5.91 Å². The SMILES string of the molecule is CCOc1ccc(CCNC(=O)c2c(C)oc(C)c2C)cc1OCC. The van der Waals surface area contributed by atoms with E-state index in [0.717, 1.165) is 28.4 Å². The molecule has 0 saturated carbocycles. The molecule has 0 atom stereocenters. The van der Waals surface area contributed by atoms with Crippen LogP contribution in [0.2, 0.25) is 0 Å². The Bertz CT molecular complexity index is 734. The van der Waals surface area contributed by atoms with Crippen molar-refractivity contribution >= 4 is 5.91 Å². The van der Waals surface area contributed by atoms with Crippen molar-refractivity contribution in [3.8, 4) is 11.5 Å².